The summed E-state index contributed by atoms with van der Waals surface area (Å²) in [4.78, 5) is 22.4. The number of hydrogen-bond acceptors (Lipinski definition) is 7. The number of unbranched alkanes of at least 4 members (excludes halogenated alkanes) is 16. The Kier molecular flexibility index (Phi) is 39.0. The number of allylic oxidation sites excluding steroid dienone is 10. The fourth-order valence-corrected chi connectivity index (χ4v) is 6.20. The van der Waals surface area contributed by atoms with Gasteiger partial charge in [-0.25, -0.2) is 4.57 Å². The number of carbonyl (C=O) groups excluding carboxylic acids is 1. The molecule has 0 aromatic heterocycles. The van der Waals surface area contributed by atoms with Crippen molar-refractivity contribution in [2.75, 3.05) is 33.0 Å². The molecule has 0 fully saturated rings. The van der Waals surface area contributed by atoms with E-state index in [2.05, 4.69) is 74.6 Å². The Morgan fingerprint density at radius 1 is 0.596 bits per heavy atom. The standard InChI is InChI=1S/C43H78NO7P/c1-3-5-7-9-11-13-14-15-16-17-18-19-20-21-22-23-24-25-26-27-28-29-30-32-34-36-43(45)51-42(41-50-52(46,47)49-39-37-44)40-48-38-35-33-31-12-10-8-6-4-2/h5,7,11,13,15-16,18-19,21-22,42H,3-4,6,8-10,12,14,17,20,23-41,44H2,1-2H3,(H,46,47)/b7-5-,13-11-,16-15-,19-18-,22-21-. The van der Waals surface area contributed by atoms with E-state index in [-0.39, 0.29) is 32.3 Å². The van der Waals surface area contributed by atoms with Gasteiger partial charge in [0.15, 0.2) is 0 Å². The fourth-order valence-electron chi connectivity index (χ4n) is 5.43. The van der Waals surface area contributed by atoms with Crippen LogP contribution in [0.15, 0.2) is 60.8 Å². The highest BCUT2D eigenvalue weighted by Crippen LogP contribution is 2.43. The van der Waals surface area contributed by atoms with Gasteiger partial charge in [-0.15, -0.1) is 0 Å². The predicted molar refractivity (Wildman–Crippen MR) is 219 cm³/mol. The predicted octanol–water partition coefficient (Wildman–Crippen LogP) is 12.2. The Morgan fingerprint density at radius 2 is 1.08 bits per heavy atom. The van der Waals surface area contributed by atoms with E-state index in [1.165, 1.54) is 77.0 Å². The molecular weight excluding hydrogens is 673 g/mol. The van der Waals surface area contributed by atoms with Crippen molar-refractivity contribution in [3.05, 3.63) is 60.8 Å². The van der Waals surface area contributed by atoms with Crippen molar-refractivity contribution < 1.29 is 32.8 Å². The average molecular weight is 752 g/mol. The zero-order chi connectivity index (χ0) is 38.1. The molecule has 0 aromatic carbocycles. The van der Waals surface area contributed by atoms with Gasteiger partial charge in [-0.2, -0.15) is 0 Å². The summed E-state index contributed by atoms with van der Waals surface area (Å²) < 4.78 is 33.2. The lowest BCUT2D eigenvalue weighted by Crippen LogP contribution is -2.28. The maximum Gasteiger partial charge on any atom is 0.472 e. The molecule has 0 rings (SSSR count). The first kappa shape index (κ1) is 50.2. The van der Waals surface area contributed by atoms with Crippen molar-refractivity contribution in [1.29, 1.82) is 0 Å². The molecule has 0 radical (unpaired) electrons. The van der Waals surface area contributed by atoms with Crippen molar-refractivity contribution in [3.63, 3.8) is 0 Å². The van der Waals surface area contributed by atoms with Crippen molar-refractivity contribution in [2.45, 2.75) is 174 Å². The zero-order valence-corrected chi connectivity index (χ0v) is 34.2. The molecule has 0 saturated carbocycles. The summed E-state index contributed by atoms with van der Waals surface area (Å²) in [5.74, 6) is -0.340. The van der Waals surface area contributed by atoms with Gasteiger partial charge in [0.1, 0.15) is 6.10 Å². The quantitative estimate of drug-likeness (QED) is 0.0276. The van der Waals surface area contributed by atoms with E-state index in [1.807, 2.05) is 0 Å². The van der Waals surface area contributed by atoms with Crippen LogP contribution in [0.2, 0.25) is 0 Å². The van der Waals surface area contributed by atoms with Gasteiger partial charge in [0.2, 0.25) is 0 Å². The molecule has 0 saturated heterocycles. The number of phosphoric acid groups is 1. The second-order valence-corrected chi connectivity index (χ2v) is 14.9. The summed E-state index contributed by atoms with van der Waals surface area (Å²) in [6, 6.07) is 0. The Morgan fingerprint density at radius 3 is 1.62 bits per heavy atom. The molecule has 2 unspecified atom stereocenters. The van der Waals surface area contributed by atoms with Crippen molar-refractivity contribution in [3.8, 4) is 0 Å². The van der Waals surface area contributed by atoms with E-state index in [4.69, 9.17) is 24.3 Å². The largest absolute Gasteiger partial charge is 0.472 e. The van der Waals surface area contributed by atoms with Crippen LogP contribution in [0.1, 0.15) is 168 Å². The van der Waals surface area contributed by atoms with Gasteiger partial charge in [-0.3, -0.25) is 13.8 Å². The van der Waals surface area contributed by atoms with Crippen LogP contribution >= 0.6 is 7.82 Å². The van der Waals surface area contributed by atoms with Crippen LogP contribution in [-0.2, 0) is 27.9 Å². The molecule has 0 aliphatic heterocycles. The van der Waals surface area contributed by atoms with Gasteiger partial charge < -0.3 is 20.1 Å². The van der Waals surface area contributed by atoms with Gasteiger partial charge in [-0.05, 0) is 57.8 Å². The number of ether oxygens (including phenoxy) is 2. The Bertz CT molecular complexity index is 979. The monoisotopic (exact) mass is 752 g/mol. The maximum atomic E-state index is 12.5. The van der Waals surface area contributed by atoms with E-state index >= 15 is 0 Å². The molecule has 0 amide bonds. The lowest BCUT2D eigenvalue weighted by Gasteiger charge is -2.20. The van der Waals surface area contributed by atoms with Crippen molar-refractivity contribution in [2.24, 2.45) is 5.73 Å². The number of nitrogens with two attached hydrogens (primary N) is 1. The summed E-state index contributed by atoms with van der Waals surface area (Å²) in [6.45, 7) is 4.77. The van der Waals surface area contributed by atoms with Crippen molar-refractivity contribution >= 4 is 13.8 Å². The Hall–Kier alpha value is -1.80. The zero-order valence-electron chi connectivity index (χ0n) is 33.3. The van der Waals surface area contributed by atoms with Crippen LogP contribution in [0.5, 0.6) is 0 Å². The van der Waals surface area contributed by atoms with Gasteiger partial charge >= 0.3 is 13.8 Å². The van der Waals surface area contributed by atoms with E-state index in [9.17, 15) is 14.3 Å². The minimum atomic E-state index is -4.27. The maximum absolute atomic E-state index is 12.5. The third kappa shape index (κ3) is 39.4. The molecule has 52 heavy (non-hydrogen) atoms. The highest BCUT2D eigenvalue weighted by atomic mass is 31.2. The molecule has 0 aliphatic carbocycles. The van der Waals surface area contributed by atoms with Gasteiger partial charge in [-0.1, -0.05) is 164 Å². The molecule has 0 bridgehead atoms. The molecule has 0 spiro atoms. The van der Waals surface area contributed by atoms with Crippen LogP contribution < -0.4 is 5.73 Å². The molecule has 8 nitrogen and oxygen atoms in total. The summed E-state index contributed by atoms with van der Waals surface area (Å²) in [6.07, 6.45) is 48.2. The lowest BCUT2D eigenvalue weighted by molar-refractivity contribution is -0.154. The third-order valence-corrected chi connectivity index (χ3v) is 9.43. The lowest BCUT2D eigenvalue weighted by atomic mass is 10.1. The normalized spacial score (nSPS) is 14.2. The van der Waals surface area contributed by atoms with Crippen LogP contribution in [0.4, 0.5) is 0 Å². The number of carbonyl (C=O) groups is 1. The highest BCUT2D eigenvalue weighted by molar-refractivity contribution is 7.47. The minimum absolute atomic E-state index is 0.0977. The van der Waals surface area contributed by atoms with Crippen LogP contribution in [-0.4, -0.2) is 49.9 Å². The first-order valence-corrected chi connectivity index (χ1v) is 22.3. The summed E-state index contributed by atoms with van der Waals surface area (Å²) in [5, 5.41) is 0. The first-order chi connectivity index (χ1) is 25.4. The Balaban J connectivity index is 3.94. The average Bonchev–Trinajstić information content (AvgIpc) is 3.13. The highest BCUT2D eigenvalue weighted by Gasteiger charge is 2.25. The molecule has 302 valence electrons. The second-order valence-electron chi connectivity index (χ2n) is 13.5. The first-order valence-electron chi connectivity index (χ1n) is 20.8. The molecular formula is C43H78NO7P. The van der Waals surface area contributed by atoms with Gasteiger partial charge in [0, 0.05) is 19.6 Å². The van der Waals surface area contributed by atoms with Crippen LogP contribution in [0, 0.1) is 0 Å². The van der Waals surface area contributed by atoms with Gasteiger partial charge in [0.05, 0.1) is 19.8 Å². The van der Waals surface area contributed by atoms with Gasteiger partial charge in [0.25, 0.3) is 0 Å². The number of rotatable bonds is 39. The number of phosphoric ester groups is 1. The summed E-state index contributed by atoms with van der Waals surface area (Å²) in [7, 11) is -4.27. The SMILES string of the molecule is CC/C=C\C/C=C\C/C=C\C/C=C\C/C=C\CCCCCCCCCCCC(=O)OC(COCCCCCCCCCC)COP(=O)(O)OCCN. The molecule has 9 heteroatoms. The number of esters is 1. The molecule has 0 heterocycles. The van der Waals surface area contributed by atoms with E-state index in [0.29, 0.717) is 13.0 Å². The third-order valence-electron chi connectivity index (χ3n) is 8.45. The Labute approximate surface area is 319 Å². The smallest absolute Gasteiger partial charge is 0.457 e. The molecule has 0 aromatic rings. The van der Waals surface area contributed by atoms with E-state index in [0.717, 1.165) is 70.6 Å². The second kappa shape index (κ2) is 40.4. The molecule has 2 atom stereocenters. The van der Waals surface area contributed by atoms with Crippen molar-refractivity contribution in [1.82, 2.24) is 0 Å². The molecule has 3 N–H and O–H groups in total. The summed E-state index contributed by atoms with van der Waals surface area (Å²) in [5.41, 5.74) is 5.35. The summed E-state index contributed by atoms with van der Waals surface area (Å²) >= 11 is 0. The van der Waals surface area contributed by atoms with Crippen LogP contribution in [0.3, 0.4) is 0 Å². The topological polar surface area (TPSA) is 117 Å². The fraction of sp³-hybridized carbons (Fsp3) is 0.744. The number of hydrogen-bond donors (Lipinski definition) is 2. The van der Waals surface area contributed by atoms with E-state index in [1.54, 1.807) is 0 Å². The molecule has 0 aliphatic rings. The minimum Gasteiger partial charge on any atom is -0.457 e. The van der Waals surface area contributed by atoms with Crippen LogP contribution in [0.25, 0.3) is 0 Å². The van der Waals surface area contributed by atoms with E-state index < -0.39 is 13.9 Å².